The van der Waals surface area contributed by atoms with Gasteiger partial charge in [0.15, 0.2) is 5.13 Å². The lowest BCUT2D eigenvalue weighted by atomic mass is 10.1. The molecule has 1 unspecified atom stereocenters. The van der Waals surface area contributed by atoms with Gasteiger partial charge >= 0.3 is 0 Å². The van der Waals surface area contributed by atoms with Crippen LogP contribution in [-0.2, 0) is 6.42 Å². The Kier molecular flexibility index (Phi) is 4.90. The van der Waals surface area contributed by atoms with Crippen LogP contribution >= 0.6 is 11.3 Å². The zero-order valence-electron chi connectivity index (χ0n) is 8.92. The SMILES string of the molecule is CCc1csc(NCC(C)CCN)n1. The van der Waals surface area contributed by atoms with Crippen molar-refractivity contribution in [1.29, 1.82) is 0 Å². The predicted molar refractivity (Wildman–Crippen MR) is 62.8 cm³/mol. The third-order valence-electron chi connectivity index (χ3n) is 2.18. The maximum atomic E-state index is 5.48. The summed E-state index contributed by atoms with van der Waals surface area (Å²) in [5, 5.41) is 6.48. The molecule has 1 heterocycles. The van der Waals surface area contributed by atoms with Crippen LogP contribution in [0.3, 0.4) is 0 Å². The molecule has 0 fully saturated rings. The summed E-state index contributed by atoms with van der Waals surface area (Å²) in [5.41, 5.74) is 6.65. The van der Waals surface area contributed by atoms with Gasteiger partial charge in [-0.2, -0.15) is 0 Å². The van der Waals surface area contributed by atoms with Gasteiger partial charge in [-0.05, 0) is 25.3 Å². The fourth-order valence-corrected chi connectivity index (χ4v) is 2.00. The Morgan fingerprint density at radius 2 is 2.43 bits per heavy atom. The fraction of sp³-hybridized carbons (Fsp3) is 0.700. The van der Waals surface area contributed by atoms with Crippen LogP contribution in [-0.4, -0.2) is 18.1 Å². The van der Waals surface area contributed by atoms with Crippen molar-refractivity contribution in [3.05, 3.63) is 11.1 Å². The molecular formula is C10H19N3S. The van der Waals surface area contributed by atoms with Crippen molar-refractivity contribution in [3.63, 3.8) is 0 Å². The second kappa shape index (κ2) is 5.98. The van der Waals surface area contributed by atoms with E-state index in [0.717, 1.165) is 31.1 Å². The van der Waals surface area contributed by atoms with Crippen molar-refractivity contribution in [3.8, 4) is 0 Å². The van der Waals surface area contributed by atoms with Gasteiger partial charge < -0.3 is 11.1 Å². The van der Waals surface area contributed by atoms with Crippen molar-refractivity contribution in [1.82, 2.24) is 4.98 Å². The lowest BCUT2D eigenvalue weighted by molar-refractivity contribution is 0.568. The highest BCUT2D eigenvalue weighted by atomic mass is 32.1. The maximum absolute atomic E-state index is 5.48. The van der Waals surface area contributed by atoms with Crippen molar-refractivity contribution >= 4 is 16.5 Å². The first-order valence-corrected chi connectivity index (χ1v) is 6.02. The summed E-state index contributed by atoms with van der Waals surface area (Å²) in [5.74, 6) is 0.619. The van der Waals surface area contributed by atoms with E-state index in [2.05, 4.69) is 29.5 Å². The first kappa shape index (κ1) is 11.5. The number of hydrogen-bond acceptors (Lipinski definition) is 4. The third kappa shape index (κ3) is 3.64. The molecule has 0 amide bonds. The molecule has 3 nitrogen and oxygen atoms in total. The van der Waals surface area contributed by atoms with Crippen LogP contribution in [0.5, 0.6) is 0 Å². The number of aryl methyl sites for hydroxylation is 1. The third-order valence-corrected chi connectivity index (χ3v) is 3.02. The van der Waals surface area contributed by atoms with E-state index < -0.39 is 0 Å². The van der Waals surface area contributed by atoms with Crippen LogP contribution < -0.4 is 11.1 Å². The van der Waals surface area contributed by atoms with E-state index in [1.165, 1.54) is 5.69 Å². The molecule has 0 radical (unpaired) electrons. The molecule has 0 saturated carbocycles. The predicted octanol–water partition coefficient (Wildman–Crippen LogP) is 2.10. The van der Waals surface area contributed by atoms with Gasteiger partial charge in [0.2, 0.25) is 0 Å². The van der Waals surface area contributed by atoms with E-state index in [1.807, 2.05) is 0 Å². The summed E-state index contributed by atoms with van der Waals surface area (Å²) in [7, 11) is 0. The number of hydrogen-bond donors (Lipinski definition) is 2. The van der Waals surface area contributed by atoms with E-state index >= 15 is 0 Å². The van der Waals surface area contributed by atoms with Crippen LogP contribution in [0.1, 0.15) is 26.0 Å². The number of anilines is 1. The molecule has 0 aliphatic heterocycles. The summed E-state index contributed by atoms with van der Waals surface area (Å²) < 4.78 is 0. The van der Waals surface area contributed by atoms with Crippen LogP contribution in [0.4, 0.5) is 5.13 Å². The minimum Gasteiger partial charge on any atom is -0.361 e. The van der Waals surface area contributed by atoms with Gasteiger partial charge in [0.1, 0.15) is 0 Å². The molecule has 0 saturated heterocycles. The Bertz CT molecular complexity index is 260. The summed E-state index contributed by atoms with van der Waals surface area (Å²) in [6.07, 6.45) is 2.08. The lowest BCUT2D eigenvalue weighted by Crippen LogP contribution is -2.15. The average Bonchev–Trinajstić information content (AvgIpc) is 2.63. The van der Waals surface area contributed by atoms with Crippen molar-refractivity contribution in [2.45, 2.75) is 26.7 Å². The van der Waals surface area contributed by atoms with Crippen LogP contribution in [0.25, 0.3) is 0 Å². The second-order valence-electron chi connectivity index (χ2n) is 3.56. The van der Waals surface area contributed by atoms with E-state index in [-0.39, 0.29) is 0 Å². The van der Waals surface area contributed by atoms with Gasteiger partial charge in [-0.25, -0.2) is 4.98 Å². The van der Waals surface area contributed by atoms with E-state index in [4.69, 9.17) is 5.73 Å². The van der Waals surface area contributed by atoms with Crippen LogP contribution in [0.2, 0.25) is 0 Å². The van der Waals surface area contributed by atoms with E-state index in [0.29, 0.717) is 5.92 Å². The fourth-order valence-electron chi connectivity index (χ4n) is 1.20. The van der Waals surface area contributed by atoms with Gasteiger partial charge in [0.05, 0.1) is 5.69 Å². The Hall–Kier alpha value is -0.610. The molecule has 0 bridgehead atoms. The van der Waals surface area contributed by atoms with Crippen molar-refractivity contribution < 1.29 is 0 Å². The van der Waals surface area contributed by atoms with Crippen LogP contribution in [0, 0.1) is 5.92 Å². The molecule has 1 aromatic heterocycles. The molecule has 4 heteroatoms. The molecule has 0 aromatic carbocycles. The topological polar surface area (TPSA) is 50.9 Å². The number of thiazole rings is 1. The highest BCUT2D eigenvalue weighted by Crippen LogP contribution is 2.16. The molecule has 14 heavy (non-hydrogen) atoms. The standard InChI is InChI=1S/C10H19N3S/c1-3-9-7-14-10(13-9)12-6-8(2)4-5-11/h7-8H,3-6,11H2,1-2H3,(H,12,13). The summed E-state index contributed by atoms with van der Waals surface area (Å²) in [4.78, 5) is 4.44. The van der Waals surface area contributed by atoms with E-state index in [9.17, 15) is 0 Å². The van der Waals surface area contributed by atoms with Gasteiger partial charge in [-0.15, -0.1) is 11.3 Å². The normalized spacial score (nSPS) is 12.8. The minimum atomic E-state index is 0.619. The quantitative estimate of drug-likeness (QED) is 0.761. The molecule has 1 atom stereocenters. The highest BCUT2D eigenvalue weighted by molar-refractivity contribution is 7.13. The monoisotopic (exact) mass is 213 g/mol. The molecule has 3 N–H and O–H groups in total. The largest absolute Gasteiger partial charge is 0.361 e. The number of aromatic nitrogens is 1. The van der Waals surface area contributed by atoms with Gasteiger partial charge in [-0.1, -0.05) is 13.8 Å². The Balaban J connectivity index is 2.30. The minimum absolute atomic E-state index is 0.619. The molecule has 0 aliphatic rings. The van der Waals surface area contributed by atoms with Crippen molar-refractivity contribution in [2.24, 2.45) is 11.7 Å². The molecule has 0 spiro atoms. The Labute approximate surface area is 89.7 Å². The summed E-state index contributed by atoms with van der Waals surface area (Å²) in [6, 6.07) is 0. The maximum Gasteiger partial charge on any atom is 0.182 e. The molecule has 1 rings (SSSR count). The number of rotatable bonds is 6. The highest BCUT2D eigenvalue weighted by Gasteiger charge is 2.03. The van der Waals surface area contributed by atoms with Crippen molar-refractivity contribution in [2.75, 3.05) is 18.4 Å². The average molecular weight is 213 g/mol. The summed E-state index contributed by atoms with van der Waals surface area (Å²) in [6.45, 7) is 6.05. The van der Waals surface area contributed by atoms with E-state index in [1.54, 1.807) is 11.3 Å². The first-order valence-electron chi connectivity index (χ1n) is 5.14. The number of nitrogens with two attached hydrogens (primary N) is 1. The Morgan fingerprint density at radius 3 is 3.00 bits per heavy atom. The van der Waals surface area contributed by atoms with Gasteiger partial charge in [0.25, 0.3) is 0 Å². The molecular weight excluding hydrogens is 194 g/mol. The zero-order chi connectivity index (χ0) is 10.4. The second-order valence-corrected chi connectivity index (χ2v) is 4.42. The van der Waals surface area contributed by atoms with Gasteiger partial charge in [-0.3, -0.25) is 0 Å². The lowest BCUT2D eigenvalue weighted by Gasteiger charge is -2.09. The summed E-state index contributed by atoms with van der Waals surface area (Å²) >= 11 is 1.68. The number of nitrogens with zero attached hydrogens (tertiary/aromatic N) is 1. The molecule has 1 aromatic rings. The Morgan fingerprint density at radius 1 is 1.64 bits per heavy atom. The molecule has 80 valence electrons. The number of nitrogens with one attached hydrogen (secondary N) is 1. The smallest absolute Gasteiger partial charge is 0.182 e. The van der Waals surface area contributed by atoms with Crippen LogP contribution in [0.15, 0.2) is 5.38 Å². The molecule has 0 aliphatic carbocycles. The first-order chi connectivity index (χ1) is 6.76. The van der Waals surface area contributed by atoms with Gasteiger partial charge in [0, 0.05) is 11.9 Å². The zero-order valence-corrected chi connectivity index (χ0v) is 9.73.